The van der Waals surface area contributed by atoms with E-state index in [1.165, 1.54) is 0 Å². The Labute approximate surface area is 105 Å². The average molecular weight is 242 g/mol. The predicted molar refractivity (Wildman–Crippen MR) is 77.4 cm³/mol. The molecule has 0 amide bonds. The first-order chi connectivity index (χ1) is 7.86. The Bertz CT molecular complexity index is 489. The Balaban J connectivity index is 0.00000144. The van der Waals surface area contributed by atoms with Crippen LogP contribution in [0.2, 0.25) is 0 Å². The molecule has 17 heavy (non-hydrogen) atoms. The van der Waals surface area contributed by atoms with Gasteiger partial charge in [-0.15, -0.1) is 0 Å². The molecule has 2 aromatic rings. The maximum Gasteiger partial charge on any atom is 0.185 e. The van der Waals surface area contributed by atoms with Crippen LogP contribution < -0.4 is 0 Å². The van der Waals surface area contributed by atoms with E-state index in [1.54, 1.807) is 6.08 Å². The first-order valence-electron chi connectivity index (χ1n) is 5.19. The minimum Gasteiger partial charge on any atom is -0.289 e. The Morgan fingerprint density at radius 2 is 1.35 bits per heavy atom. The minimum absolute atomic E-state index is 0. The van der Waals surface area contributed by atoms with Gasteiger partial charge in [0.15, 0.2) is 5.78 Å². The monoisotopic (exact) mass is 242 g/mol. The SMILES string of the molecule is O=C(C=Cc1ccccc1)c1ccccc1.P. The highest BCUT2D eigenvalue weighted by molar-refractivity contribution is 6.92. The van der Waals surface area contributed by atoms with Gasteiger partial charge in [0.1, 0.15) is 0 Å². The van der Waals surface area contributed by atoms with Crippen molar-refractivity contribution >= 4 is 21.8 Å². The molecule has 0 aromatic heterocycles. The summed E-state index contributed by atoms with van der Waals surface area (Å²) in [6.07, 6.45) is 3.43. The molecular weight excluding hydrogens is 227 g/mol. The van der Waals surface area contributed by atoms with Gasteiger partial charge in [-0.05, 0) is 11.6 Å². The Morgan fingerprint density at radius 1 is 0.824 bits per heavy atom. The van der Waals surface area contributed by atoms with Gasteiger partial charge in [0.05, 0.1) is 0 Å². The molecule has 2 heteroatoms. The van der Waals surface area contributed by atoms with Crippen molar-refractivity contribution in [3.8, 4) is 0 Å². The van der Waals surface area contributed by atoms with E-state index in [1.807, 2.05) is 66.7 Å². The number of hydrogen-bond donors (Lipinski definition) is 0. The molecule has 0 spiro atoms. The van der Waals surface area contributed by atoms with Crippen LogP contribution in [0.1, 0.15) is 15.9 Å². The van der Waals surface area contributed by atoms with Gasteiger partial charge < -0.3 is 0 Å². The molecule has 0 saturated heterocycles. The molecule has 1 atom stereocenters. The van der Waals surface area contributed by atoms with E-state index in [4.69, 9.17) is 0 Å². The summed E-state index contributed by atoms with van der Waals surface area (Å²) >= 11 is 0. The van der Waals surface area contributed by atoms with Crippen LogP contribution in [0.5, 0.6) is 0 Å². The van der Waals surface area contributed by atoms with Crippen LogP contribution in [0, 0.1) is 0 Å². The van der Waals surface area contributed by atoms with Gasteiger partial charge in [-0.3, -0.25) is 4.79 Å². The van der Waals surface area contributed by atoms with Gasteiger partial charge in [-0.2, -0.15) is 9.90 Å². The van der Waals surface area contributed by atoms with E-state index in [9.17, 15) is 4.79 Å². The molecule has 0 N–H and O–H groups in total. The zero-order chi connectivity index (χ0) is 11.2. The second kappa shape index (κ2) is 6.78. The molecule has 0 fully saturated rings. The van der Waals surface area contributed by atoms with Crippen LogP contribution in [0.25, 0.3) is 6.08 Å². The highest BCUT2D eigenvalue weighted by Gasteiger charge is 1.98. The number of benzene rings is 2. The van der Waals surface area contributed by atoms with E-state index in [0.717, 1.165) is 11.1 Å². The van der Waals surface area contributed by atoms with Gasteiger partial charge in [-0.1, -0.05) is 66.7 Å². The van der Waals surface area contributed by atoms with Crippen molar-refractivity contribution in [3.63, 3.8) is 0 Å². The third kappa shape index (κ3) is 3.97. The molecule has 2 aromatic carbocycles. The molecule has 0 aliphatic heterocycles. The maximum absolute atomic E-state index is 11.7. The molecule has 0 heterocycles. The number of hydrogen-bond acceptors (Lipinski definition) is 1. The first kappa shape index (κ1) is 13.3. The molecule has 2 rings (SSSR count). The van der Waals surface area contributed by atoms with Crippen molar-refractivity contribution < 1.29 is 4.79 Å². The van der Waals surface area contributed by atoms with Gasteiger partial charge >= 0.3 is 0 Å². The third-order valence-electron chi connectivity index (χ3n) is 2.29. The second-order valence-electron chi connectivity index (χ2n) is 3.47. The van der Waals surface area contributed by atoms with Crippen molar-refractivity contribution in [2.24, 2.45) is 0 Å². The second-order valence-corrected chi connectivity index (χ2v) is 3.47. The van der Waals surface area contributed by atoms with Gasteiger partial charge in [0.2, 0.25) is 0 Å². The first-order valence-corrected chi connectivity index (χ1v) is 5.19. The largest absolute Gasteiger partial charge is 0.289 e. The third-order valence-corrected chi connectivity index (χ3v) is 2.29. The van der Waals surface area contributed by atoms with E-state index >= 15 is 0 Å². The highest BCUT2D eigenvalue weighted by Crippen LogP contribution is 2.05. The zero-order valence-corrected chi connectivity index (χ0v) is 11.0. The Hall–Kier alpha value is -1.72. The lowest BCUT2D eigenvalue weighted by atomic mass is 10.1. The smallest absolute Gasteiger partial charge is 0.185 e. The van der Waals surface area contributed by atoms with Crippen LogP contribution in [0.15, 0.2) is 66.7 Å². The van der Waals surface area contributed by atoms with Crippen LogP contribution in [0.3, 0.4) is 0 Å². The Kier molecular flexibility index (Phi) is 5.32. The number of allylic oxidation sites excluding steroid dienone is 1. The number of rotatable bonds is 3. The summed E-state index contributed by atoms with van der Waals surface area (Å²) in [7, 11) is 0. The molecule has 0 aliphatic carbocycles. The van der Waals surface area contributed by atoms with Crippen molar-refractivity contribution in [2.45, 2.75) is 0 Å². The molecule has 1 nitrogen and oxygen atoms in total. The fourth-order valence-corrected chi connectivity index (χ4v) is 1.43. The van der Waals surface area contributed by atoms with Crippen LogP contribution >= 0.6 is 9.90 Å². The molecule has 1 unspecified atom stereocenters. The van der Waals surface area contributed by atoms with E-state index < -0.39 is 0 Å². The molecule has 0 radical (unpaired) electrons. The average Bonchev–Trinajstić information content (AvgIpc) is 2.38. The highest BCUT2D eigenvalue weighted by atomic mass is 31.0. The minimum atomic E-state index is 0. The predicted octanol–water partition coefficient (Wildman–Crippen LogP) is 3.64. The van der Waals surface area contributed by atoms with Crippen molar-refractivity contribution in [1.82, 2.24) is 0 Å². The molecular formula is C15H15OP. The summed E-state index contributed by atoms with van der Waals surface area (Å²) in [5.41, 5.74) is 1.75. The van der Waals surface area contributed by atoms with Crippen LogP contribution in [0.4, 0.5) is 0 Å². The zero-order valence-electron chi connectivity index (χ0n) is 9.54. The molecule has 0 bridgehead atoms. The van der Waals surface area contributed by atoms with Crippen LogP contribution in [-0.2, 0) is 0 Å². The standard InChI is InChI=1S/C15H12O.H3P/c16-15(14-9-5-2-6-10-14)12-11-13-7-3-1-4-8-13;/h1-12H;1H3. The molecule has 86 valence electrons. The van der Waals surface area contributed by atoms with Crippen molar-refractivity contribution in [3.05, 3.63) is 77.9 Å². The Morgan fingerprint density at radius 3 is 1.94 bits per heavy atom. The van der Waals surface area contributed by atoms with Crippen LogP contribution in [-0.4, -0.2) is 5.78 Å². The lowest BCUT2D eigenvalue weighted by Crippen LogP contribution is -1.92. The lowest BCUT2D eigenvalue weighted by Gasteiger charge is -1.94. The van der Waals surface area contributed by atoms with E-state index in [0.29, 0.717) is 0 Å². The van der Waals surface area contributed by atoms with E-state index in [2.05, 4.69) is 0 Å². The van der Waals surface area contributed by atoms with Gasteiger partial charge in [-0.25, -0.2) is 0 Å². The van der Waals surface area contributed by atoms with Crippen molar-refractivity contribution in [2.75, 3.05) is 0 Å². The summed E-state index contributed by atoms with van der Waals surface area (Å²) in [6, 6.07) is 19.1. The van der Waals surface area contributed by atoms with Gasteiger partial charge in [0.25, 0.3) is 0 Å². The maximum atomic E-state index is 11.7. The van der Waals surface area contributed by atoms with Gasteiger partial charge in [0, 0.05) is 5.56 Å². The summed E-state index contributed by atoms with van der Waals surface area (Å²) in [6.45, 7) is 0. The fraction of sp³-hybridized carbons (Fsp3) is 0. The summed E-state index contributed by atoms with van der Waals surface area (Å²) in [5.74, 6) is 0.0319. The number of carbonyl (C=O) groups is 1. The molecule has 0 aliphatic rings. The fourth-order valence-electron chi connectivity index (χ4n) is 1.43. The summed E-state index contributed by atoms with van der Waals surface area (Å²) in [5, 5.41) is 0. The quantitative estimate of drug-likeness (QED) is 0.456. The normalized spacial score (nSPS) is 9.88. The number of carbonyl (C=O) groups excluding carboxylic acids is 1. The van der Waals surface area contributed by atoms with Crippen molar-refractivity contribution in [1.29, 1.82) is 0 Å². The summed E-state index contributed by atoms with van der Waals surface area (Å²) < 4.78 is 0. The lowest BCUT2D eigenvalue weighted by molar-refractivity contribution is 0.104. The summed E-state index contributed by atoms with van der Waals surface area (Å²) in [4.78, 5) is 11.7. The number of ketones is 1. The molecule has 0 saturated carbocycles. The van der Waals surface area contributed by atoms with E-state index in [-0.39, 0.29) is 15.7 Å². The topological polar surface area (TPSA) is 17.1 Å².